The fourth-order valence-electron chi connectivity index (χ4n) is 2.34. The van der Waals surface area contributed by atoms with Crippen LogP contribution in [-0.4, -0.2) is 34.1 Å². The molecule has 0 heterocycles. The maximum absolute atomic E-state index is 9.85. The molecule has 1 aromatic carbocycles. The minimum absolute atomic E-state index is 0.0571. The van der Waals surface area contributed by atoms with Gasteiger partial charge in [-0.2, -0.15) is 0 Å². The van der Waals surface area contributed by atoms with Crippen LogP contribution in [0.5, 0.6) is 0 Å². The van der Waals surface area contributed by atoms with Gasteiger partial charge in [0, 0.05) is 18.4 Å². The maximum atomic E-state index is 9.85. The summed E-state index contributed by atoms with van der Waals surface area (Å²) in [5.41, 5.74) is 1.03. The van der Waals surface area contributed by atoms with E-state index in [1.807, 2.05) is 30.3 Å². The quantitative estimate of drug-likeness (QED) is 0.663. The molecule has 3 N–H and O–H groups in total. The second-order valence-electron chi connectivity index (χ2n) is 4.18. The molecule has 0 spiro atoms. The van der Waals surface area contributed by atoms with Crippen LogP contribution in [-0.2, 0) is 0 Å². The smallest absolute Gasteiger partial charge is 0.0871 e. The van der Waals surface area contributed by atoms with Gasteiger partial charge in [-0.15, -0.1) is 0 Å². The van der Waals surface area contributed by atoms with Crippen LogP contribution >= 0.6 is 0 Å². The molecule has 0 radical (unpaired) electrons. The molecule has 1 aliphatic rings. The standard InChI is InChI=1S/C12H16O3/c13-7-9-6-10(12(15)11(9)14)8-4-2-1-3-5-8/h1-5,9-15H,6-7H2/t9-,10+,11-,12+/m0/s1. The van der Waals surface area contributed by atoms with E-state index in [0.717, 1.165) is 5.56 Å². The van der Waals surface area contributed by atoms with Gasteiger partial charge in [0.2, 0.25) is 0 Å². The number of hydrogen-bond donors (Lipinski definition) is 3. The Bertz CT molecular complexity index is 312. The average Bonchev–Trinajstić information content (AvgIpc) is 2.57. The third kappa shape index (κ3) is 1.91. The van der Waals surface area contributed by atoms with Crippen molar-refractivity contribution < 1.29 is 15.3 Å². The predicted molar refractivity (Wildman–Crippen MR) is 56.4 cm³/mol. The van der Waals surface area contributed by atoms with Gasteiger partial charge >= 0.3 is 0 Å². The topological polar surface area (TPSA) is 60.7 Å². The van der Waals surface area contributed by atoms with Gasteiger partial charge in [0.15, 0.2) is 0 Å². The Labute approximate surface area is 89.0 Å². The van der Waals surface area contributed by atoms with Gasteiger partial charge in [-0.3, -0.25) is 0 Å². The molecule has 1 aromatic rings. The van der Waals surface area contributed by atoms with E-state index in [2.05, 4.69) is 0 Å². The highest BCUT2D eigenvalue weighted by Crippen LogP contribution is 2.38. The summed E-state index contributed by atoms with van der Waals surface area (Å²) in [5, 5.41) is 28.6. The maximum Gasteiger partial charge on any atom is 0.0871 e. The summed E-state index contributed by atoms with van der Waals surface area (Å²) >= 11 is 0. The van der Waals surface area contributed by atoms with Crippen molar-refractivity contribution in [3.63, 3.8) is 0 Å². The molecule has 2 rings (SSSR count). The number of benzene rings is 1. The first-order valence-corrected chi connectivity index (χ1v) is 5.26. The van der Waals surface area contributed by atoms with E-state index < -0.39 is 12.2 Å². The number of aliphatic hydroxyl groups excluding tert-OH is 3. The van der Waals surface area contributed by atoms with Crippen molar-refractivity contribution in [3.05, 3.63) is 35.9 Å². The van der Waals surface area contributed by atoms with Gasteiger partial charge < -0.3 is 15.3 Å². The number of aliphatic hydroxyl groups is 3. The highest BCUT2D eigenvalue weighted by molar-refractivity contribution is 5.23. The van der Waals surface area contributed by atoms with Crippen molar-refractivity contribution >= 4 is 0 Å². The molecule has 0 aromatic heterocycles. The minimum atomic E-state index is -0.805. The molecule has 0 unspecified atom stereocenters. The summed E-state index contributed by atoms with van der Waals surface area (Å²) < 4.78 is 0. The molecule has 0 aliphatic heterocycles. The molecule has 82 valence electrons. The van der Waals surface area contributed by atoms with E-state index in [4.69, 9.17) is 5.11 Å². The zero-order chi connectivity index (χ0) is 10.8. The van der Waals surface area contributed by atoms with Gasteiger partial charge in [0.05, 0.1) is 12.2 Å². The van der Waals surface area contributed by atoms with E-state index in [-0.39, 0.29) is 18.4 Å². The summed E-state index contributed by atoms with van der Waals surface area (Å²) in [6.45, 7) is -0.0679. The third-order valence-electron chi connectivity index (χ3n) is 3.26. The lowest BCUT2D eigenvalue weighted by Crippen LogP contribution is -2.28. The van der Waals surface area contributed by atoms with E-state index >= 15 is 0 Å². The Balaban J connectivity index is 2.19. The average molecular weight is 208 g/mol. The molecule has 3 nitrogen and oxygen atoms in total. The second kappa shape index (κ2) is 4.31. The lowest BCUT2D eigenvalue weighted by Gasteiger charge is -2.16. The predicted octanol–water partition coefficient (Wildman–Crippen LogP) is 0.504. The highest BCUT2D eigenvalue weighted by atomic mass is 16.3. The van der Waals surface area contributed by atoms with Crippen LogP contribution in [0.4, 0.5) is 0 Å². The largest absolute Gasteiger partial charge is 0.396 e. The Morgan fingerprint density at radius 3 is 2.27 bits per heavy atom. The fraction of sp³-hybridized carbons (Fsp3) is 0.500. The normalized spacial score (nSPS) is 35.7. The van der Waals surface area contributed by atoms with Crippen molar-refractivity contribution in [1.82, 2.24) is 0 Å². The summed E-state index contributed by atoms with van der Waals surface area (Å²) in [7, 11) is 0. The molecule has 1 aliphatic carbocycles. The van der Waals surface area contributed by atoms with E-state index in [1.54, 1.807) is 0 Å². The molecule has 0 saturated heterocycles. The zero-order valence-electron chi connectivity index (χ0n) is 8.45. The first-order chi connectivity index (χ1) is 7.24. The van der Waals surface area contributed by atoms with E-state index in [0.29, 0.717) is 6.42 Å². The van der Waals surface area contributed by atoms with Crippen molar-refractivity contribution in [3.8, 4) is 0 Å². The first kappa shape index (κ1) is 10.6. The summed E-state index contributed by atoms with van der Waals surface area (Å²) in [6.07, 6.45) is -0.923. The van der Waals surface area contributed by atoms with Gasteiger partial charge in [0.25, 0.3) is 0 Å². The highest BCUT2D eigenvalue weighted by Gasteiger charge is 2.41. The van der Waals surface area contributed by atoms with Crippen LogP contribution in [0.3, 0.4) is 0 Å². The van der Waals surface area contributed by atoms with Crippen molar-refractivity contribution in [2.45, 2.75) is 24.5 Å². The van der Waals surface area contributed by atoms with E-state index in [1.165, 1.54) is 0 Å². The molecular formula is C12H16O3. The Morgan fingerprint density at radius 1 is 1.07 bits per heavy atom. The monoisotopic (exact) mass is 208 g/mol. The fourth-order valence-corrected chi connectivity index (χ4v) is 2.34. The van der Waals surface area contributed by atoms with Crippen LogP contribution in [0.25, 0.3) is 0 Å². The molecule has 1 saturated carbocycles. The summed E-state index contributed by atoms with van der Waals surface area (Å²) in [6, 6.07) is 9.65. The molecule has 15 heavy (non-hydrogen) atoms. The minimum Gasteiger partial charge on any atom is -0.396 e. The molecular weight excluding hydrogens is 192 g/mol. The van der Waals surface area contributed by atoms with Gasteiger partial charge in [-0.1, -0.05) is 30.3 Å². The molecule has 0 amide bonds. The van der Waals surface area contributed by atoms with Crippen LogP contribution in [0.15, 0.2) is 30.3 Å². The molecule has 3 heteroatoms. The van der Waals surface area contributed by atoms with Gasteiger partial charge in [-0.05, 0) is 12.0 Å². The van der Waals surface area contributed by atoms with Crippen LogP contribution in [0.1, 0.15) is 17.9 Å². The number of rotatable bonds is 2. The van der Waals surface area contributed by atoms with Crippen LogP contribution < -0.4 is 0 Å². The summed E-state index contributed by atoms with van der Waals surface area (Å²) in [4.78, 5) is 0. The SMILES string of the molecule is OC[C@@H]1C[C@H](c2ccccc2)[C@@H](O)[C@H]1O. The lowest BCUT2D eigenvalue weighted by atomic mass is 9.95. The van der Waals surface area contributed by atoms with Crippen molar-refractivity contribution in [1.29, 1.82) is 0 Å². The Kier molecular flexibility index (Phi) is 3.05. The second-order valence-corrected chi connectivity index (χ2v) is 4.18. The number of hydrogen-bond acceptors (Lipinski definition) is 3. The van der Waals surface area contributed by atoms with Crippen molar-refractivity contribution in [2.24, 2.45) is 5.92 Å². The lowest BCUT2D eigenvalue weighted by molar-refractivity contribution is 0.00232. The third-order valence-corrected chi connectivity index (χ3v) is 3.26. The summed E-state index contributed by atoms with van der Waals surface area (Å²) in [5.74, 6) is -0.261. The Morgan fingerprint density at radius 2 is 1.73 bits per heavy atom. The van der Waals surface area contributed by atoms with Crippen LogP contribution in [0.2, 0.25) is 0 Å². The van der Waals surface area contributed by atoms with Gasteiger partial charge in [-0.25, -0.2) is 0 Å². The van der Waals surface area contributed by atoms with Crippen LogP contribution in [0, 0.1) is 5.92 Å². The zero-order valence-corrected chi connectivity index (χ0v) is 8.45. The van der Waals surface area contributed by atoms with Crippen molar-refractivity contribution in [2.75, 3.05) is 6.61 Å². The molecule has 1 fully saturated rings. The van der Waals surface area contributed by atoms with E-state index in [9.17, 15) is 10.2 Å². The van der Waals surface area contributed by atoms with Gasteiger partial charge in [0.1, 0.15) is 0 Å². The first-order valence-electron chi connectivity index (χ1n) is 5.26. The molecule has 4 atom stereocenters. The molecule has 0 bridgehead atoms. The Hall–Kier alpha value is -0.900.